The summed E-state index contributed by atoms with van der Waals surface area (Å²) in [5.74, 6) is 0. The Morgan fingerprint density at radius 1 is 1.10 bits per heavy atom. The maximum absolute atomic E-state index is 11.7. The number of nitrogens with one attached hydrogen (secondary N) is 2. The van der Waals surface area contributed by atoms with Crippen molar-refractivity contribution in [3.8, 4) is 0 Å². The smallest absolute Gasteiger partial charge is 0.321 e. The van der Waals surface area contributed by atoms with E-state index in [1.165, 1.54) is 32.4 Å². The molecule has 0 saturated carbocycles. The van der Waals surface area contributed by atoms with Gasteiger partial charge in [-0.15, -0.1) is 0 Å². The predicted octanol–water partition coefficient (Wildman–Crippen LogP) is 1.86. The van der Waals surface area contributed by atoms with Crippen LogP contribution in [0.1, 0.15) is 19.3 Å². The van der Waals surface area contributed by atoms with Crippen LogP contribution in [0.15, 0.2) is 24.3 Å². The quantitative estimate of drug-likeness (QED) is 0.891. The van der Waals surface area contributed by atoms with Gasteiger partial charge in [0.1, 0.15) is 0 Å². The van der Waals surface area contributed by atoms with Gasteiger partial charge in [0.2, 0.25) is 0 Å². The fraction of sp³-hybridized carbons (Fsp3) is 0.562. The number of carbonyl (C=O) groups is 1. The number of hydrogen-bond donors (Lipinski definition) is 2. The molecule has 3 saturated heterocycles. The van der Waals surface area contributed by atoms with E-state index in [1.54, 1.807) is 4.90 Å². The summed E-state index contributed by atoms with van der Waals surface area (Å²) >= 11 is 0. The van der Waals surface area contributed by atoms with E-state index in [0.717, 1.165) is 24.5 Å². The third kappa shape index (κ3) is 2.35. The monoisotopic (exact) mass is 286 g/mol. The van der Waals surface area contributed by atoms with Gasteiger partial charge in [0, 0.05) is 43.1 Å². The average molecular weight is 286 g/mol. The molecular weight excluding hydrogens is 264 g/mol. The predicted molar refractivity (Wildman–Crippen MR) is 83.8 cm³/mol. The number of hydrogen-bond acceptors (Lipinski definition) is 3. The molecule has 5 heteroatoms. The van der Waals surface area contributed by atoms with Crippen LogP contribution < -0.4 is 15.5 Å². The summed E-state index contributed by atoms with van der Waals surface area (Å²) in [7, 11) is 0. The molecule has 0 aliphatic carbocycles. The summed E-state index contributed by atoms with van der Waals surface area (Å²) in [5.41, 5.74) is 2.14. The molecule has 21 heavy (non-hydrogen) atoms. The van der Waals surface area contributed by atoms with Crippen molar-refractivity contribution in [3.05, 3.63) is 24.3 Å². The zero-order valence-corrected chi connectivity index (χ0v) is 12.2. The van der Waals surface area contributed by atoms with E-state index in [9.17, 15) is 4.79 Å². The second kappa shape index (κ2) is 5.22. The van der Waals surface area contributed by atoms with Crippen molar-refractivity contribution in [2.45, 2.75) is 31.3 Å². The molecule has 3 fully saturated rings. The summed E-state index contributed by atoms with van der Waals surface area (Å²) in [5, 5.41) is 6.51. The SMILES string of the molecule is O=C1NCCN1c1ccc(NC2CCN3CCCC23)cc1. The summed E-state index contributed by atoms with van der Waals surface area (Å²) < 4.78 is 0. The van der Waals surface area contributed by atoms with E-state index in [4.69, 9.17) is 0 Å². The molecule has 3 heterocycles. The Kier molecular flexibility index (Phi) is 3.22. The number of carbonyl (C=O) groups excluding carboxylic acids is 1. The van der Waals surface area contributed by atoms with Crippen molar-refractivity contribution in [2.24, 2.45) is 0 Å². The van der Waals surface area contributed by atoms with E-state index in [2.05, 4.69) is 27.7 Å². The Morgan fingerprint density at radius 2 is 1.95 bits per heavy atom. The van der Waals surface area contributed by atoms with Crippen LogP contribution in [0.5, 0.6) is 0 Å². The molecule has 0 bridgehead atoms. The Labute approximate surface area is 125 Å². The minimum atomic E-state index is 0.00750. The third-order valence-electron chi connectivity index (χ3n) is 4.99. The van der Waals surface area contributed by atoms with Crippen LogP contribution in [0.2, 0.25) is 0 Å². The summed E-state index contributed by atoms with van der Waals surface area (Å²) in [6, 6.07) is 9.57. The van der Waals surface area contributed by atoms with E-state index < -0.39 is 0 Å². The Balaban J connectivity index is 1.43. The van der Waals surface area contributed by atoms with Crippen molar-refractivity contribution in [2.75, 3.05) is 36.4 Å². The number of fused-ring (bicyclic) bond motifs is 1. The molecule has 3 aliphatic rings. The fourth-order valence-electron chi connectivity index (χ4n) is 3.92. The van der Waals surface area contributed by atoms with Crippen LogP contribution in [0.3, 0.4) is 0 Å². The lowest BCUT2D eigenvalue weighted by Gasteiger charge is -2.22. The summed E-state index contributed by atoms with van der Waals surface area (Å²) in [6.45, 7) is 3.99. The van der Waals surface area contributed by atoms with Crippen molar-refractivity contribution < 1.29 is 4.79 Å². The first-order chi connectivity index (χ1) is 10.3. The Morgan fingerprint density at radius 3 is 2.71 bits per heavy atom. The molecule has 0 radical (unpaired) electrons. The number of amides is 2. The Hall–Kier alpha value is -1.75. The number of rotatable bonds is 3. The van der Waals surface area contributed by atoms with E-state index in [0.29, 0.717) is 12.1 Å². The van der Waals surface area contributed by atoms with Crippen molar-refractivity contribution in [3.63, 3.8) is 0 Å². The van der Waals surface area contributed by atoms with Gasteiger partial charge in [0.25, 0.3) is 0 Å². The Bertz CT molecular complexity index is 530. The highest BCUT2D eigenvalue weighted by atomic mass is 16.2. The van der Waals surface area contributed by atoms with Crippen LogP contribution in [0.25, 0.3) is 0 Å². The fourth-order valence-corrected chi connectivity index (χ4v) is 3.92. The minimum absolute atomic E-state index is 0.00750. The van der Waals surface area contributed by atoms with Gasteiger partial charge in [-0.3, -0.25) is 9.80 Å². The molecule has 2 atom stereocenters. The maximum Gasteiger partial charge on any atom is 0.321 e. The molecular formula is C16H22N4O. The van der Waals surface area contributed by atoms with Gasteiger partial charge >= 0.3 is 6.03 Å². The molecule has 4 rings (SSSR count). The number of nitrogens with zero attached hydrogens (tertiary/aromatic N) is 2. The topological polar surface area (TPSA) is 47.6 Å². The molecule has 0 aromatic heterocycles. The summed E-state index contributed by atoms with van der Waals surface area (Å²) in [4.78, 5) is 16.1. The van der Waals surface area contributed by atoms with Gasteiger partial charge in [-0.2, -0.15) is 0 Å². The number of urea groups is 1. The second-order valence-corrected chi connectivity index (χ2v) is 6.22. The molecule has 5 nitrogen and oxygen atoms in total. The van der Waals surface area contributed by atoms with Crippen LogP contribution >= 0.6 is 0 Å². The van der Waals surface area contributed by atoms with Crippen LogP contribution in [0, 0.1) is 0 Å². The summed E-state index contributed by atoms with van der Waals surface area (Å²) in [6.07, 6.45) is 3.90. The molecule has 2 unspecified atom stereocenters. The largest absolute Gasteiger partial charge is 0.381 e. The van der Waals surface area contributed by atoms with Crippen LogP contribution in [-0.2, 0) is 0 Å². The second-order valence-electron chi connectivity index (χ2n) is 6.22. The first kappa shape index (κ1) is 13.0. The first-order valence-electron chi connectivity index (χ1n) is 7.97. The lowest BCUT2D eigenvalue weighted by molar-refractivity contribution is 0.252. The van der Waals surface area contributed by atoms with E-state index in [-0.39, 0.29) is 6.03 Å². The van der Waals surface area contributed by atoms with Gasteiger partial charge in [0.05, 0.1) is 0 Å². The highest BCUT2D eigenvalue weighted by Gasteiger charge is 2.36. The lowest BCUT2D eigenvalue weighted by Crippen LogP contribution is -2.33. The molecule has 2 amide bonds. The van der Waals surface area contributed by atoms with Crippen molar-refractivity contribution >= 4 is 17.4 Å². The first-order valence-corrected chi connectivity index (χ1v) is 7.97. The lowest BCUT2D eigenvalue weighted by atomic mass is 10.1. The standard InChI is InChI=1S/C16H22N4O/c21-16-17-8-11-20(16)13-5-3-12(4-6-13)18-14-7-10-19-9-1-2-15(14)19/h3-6,14-15,18H,1-2,7-11H2,(H,17,21). The number of benzene rings is 1. The van der Waals surface area contributed by atoms with Gasteiger partial charge in [-0.25, -0.2) is 4.79 Å². The average Bonchev–Trinajstić information content (AvgIpc) is 3.19. The normalized spacial score (nSPS) is 28.8. The molecule has 2 N–H and O–H groups in total. The highest BCUT2D eigenvalue weighted by Crippen LogP contribution is 2.30. The zero-order valence-electron chi connectivity index (χ0n) is 12.2. The van der Waals surface area contributed by atoms with Crippen LogP contribution in [-0.4, -0.2) is 49.2 Å². The highest BCUT2D eigenvalue weighted by molar-refractivity contribution is 5.94. The molecule has 112 valence electrons. The molecule has 1 aromatic carbocycles. The zero-order chi connectivity index (χ0) is 14.2. The van der Waals surface area contributed by atoms with Gasteiger partial charge in [0.15, 0.2) is 0 Å². The van der Waals surface area contributed by atoms with Crippen LogP contribution in [0.4, 0.5) is 16.2 Å². The third-order valence-corrected chi connectivity index (χ3v) is 4.99. The van der Waals surface area contributed by atoms with Gasteiger partial charge in [-0.05, 0) is 50.1 Å². The van der Waals surface area contributed by atoms with E-state index in [1.807, 2.05) is 12.1 Å². The number of anilines is 2. The molecule has 3 aliphatic heterocycles. The molecule has 1 aromatic rings. The molecule has 0 spiro atoms. The van der Waals surface area contributed by atoms with Crippen molar-refractivity contribution in [1.82, 2.24) is 10.2 Å². The maximum atomic E-state index is 11.7. The van der Waals surface area contributed by atoms with Gasteiger partial charge in [-0.1, -0.05) is 0 Å². The minimum Gasteiger partial charge on any atom is -0.381 e. The van der Waals surface area contributed by atoms with Crippen molar-refractivity contribution in [1.29, 1.82) is 0 Å². The van der Waals surface area contributed by atoms with Gasteiger partial charge < -0.3 is 10.6 Å². The van der Waals surface area contributed by atoms with E-state index >= 15 is 0 Å².